The average molecular weight is 309 g/mol. The van der Waals surface area contributed by atoms with Gasteiger partial charge in [-0.25, -0.2) is 12.8 Å². The Bertz CT molecular complexity index is 578. The first-order valence-electron chi connectivity index (χ1n) is 5.31. The van der Waals surface area contributed by atoms with Gasteiger partial charge in [-0.2, -0.15) is 4.31 Å². The number of anilines is 1. The zero-order valence-corrected chi connectivity index (χ0v) is 11.6. The third kappa shape index (κ3) is 3.44. The number of aliphatic hydroxyl groups is 1. The average Bonchev–Trinajstić information content (AvgIpc) is 2.33. The Hall–Kier alpha value is -1.15. The molecule has 1 rings (SSSR count). The molecule has 8 heteroatoms. The van der Waals surface area contributed by atoms with Crippen molar-refractivity contribution in [3.8, 4) is 0 Å². The van der Waals surface area contributed by atoms with Crippen LogP contribution in [0.4, 0.5) is 10.1 Å². The van der Waals surface area contributed by atoms with E-state index >= 15 is 0 Å². The topological polar surface area (TPSA) is 83.6 Å². The standard InChI is InChI=1S/C11H14ClFN2O3S/c1-2-3-15(4-5-16)19(17,18)10-7-8(14)6-9(12)11(10)13/h2,6-7,16H,1,3-5,14H2. The zero-order valence-electron chi connectivity index (χ0n) is 10.0. The van der Waals surface area contributed by atoms with Gasteiger partial charge in [-0.3, -0.25) is 0 Å². The van der Waals surface area contributed by atoms with Crippen molar-refractivity contribution >= 4 is 27.3 Å². The van der Waals surface area contributed by atoms with Crippen LogP contribution in [0.25, 0.3) is 0 Å². The van der Waals surface area contributed by atoms with Crippen LogP contribution in [0.15, 0.2) is 29.7 Å². The Kier molecular flexibility index (Phi) is 5.30. The molecular formula is C11H14ClFN2O3S. The highest BCUT2D eigenvalue weighted by atomic mass is 35.5. The molecule has 0 heterocycles. The lowest BCUT2D eigenvalue weighted by Gasteiger charge is -2.20. The molecule has 1 aromatic rings. The summed E-state index contributed by atoms with van der Waals surface area (Å²) in [6.45, 7) is 2.78. The molecule has 0 aliphatic rings. The monoisotopic (exact) mass is 308 g/mol. The predicted molar refractivity (Wildman–Crippen MR) is 71.9 cm³/mol. The lowest BCUT2D eigenvalue weighted by molar-refractivity contribution is 0.260. The highest BCUT2D eigenvalue weighted by Crippen LogP contribution is 2.27. The smallest absolute Gasteiger partial charge is 0.246 e. The van der Waals surface area contributed by atoms with Crippen LogP contribution in [0.5, 0.6) is 0 Å². The molecule has 0 saturated carbocycles. The molecule has 3 N–H and O–H groups in total. The van der Waals surface area contributed by atoms with E-state index < -0.39 is 27.3 Å². The number of nitrogens with two attached hydrogens (primary N) is 1. The fraction of sp³-hybridized carbons (Fsp3) is 0.273. The van der Waals surface area contributed by atoms with Gasteiger partial charge in [-0.05, 0) is 12.1 Å². The Morgan fingerprint density at radius 3 is 2.68 bits per heavy atom. The van der Waals surface area contributed by atoms with E-state index in [-0.39, 0.29) is 23.8 Å². The number of sulfonamides is 1. The van der Waals surface area contributed by atoms with E-state index in [1.54, 1.807) is 0 Å². The molecule has 0 aliphatic heterocycles. The summed E-state index contributed by atoms with van der Waals surface area (Å²) in [5.74, 6) is -1.07. The van der Waals surface area contributed by atoms with Crippen LogP contribution in [0.3, 0.4) is 0 Å². The predicted octanol–water partition coefficient (Wildman–Crippen LogP) is 1.23. The molecule has 0 saturated heterocycles. The first-order valence-corrected chi connectivity index (χ1v) is 7.12. The number of benzene rings is 1. The SMILES string of the molecule is C=CCN(CCO)S(=O)(=O)c1cc(N)cc(Cl)c1F. The van der Waals surface area contributed by atoms with Crippen LogP contribution >= 0.6 is 11.6 Å². The molecule has 0 radical (unpaired) electrons. The van der Waals surface area contributed by atoms with E-state index in [1.165, 1.54) is 6.08 Å². The van der Waals surface area contributed by atoms with E-state index in [0.717, 1.165) is 16.4 Å². The quantitative estimate of drug-likeness (QED) is 0.611. The second kappa shape index (κ2) is 6.33. The lowest BCUT2D eigenvalue weighted by atomic mass is 10.3. The second-order valence-electron chi connectivity index (χ2n) is 3.69. The summed E-state index contributed by atoms with van der Waals surface area (Å²) >= 11 is 5.58. The fourth-order valence-electron chi connectivity index (χ4n) is 1.48. The van der Waals surface area contributed by atoms with Gasteiger partial charge in [0.05, 0.1) is 11.6 Å². The minimum Gasteiger partial charge on any atom is -0.399 e. The van der Waals surface area contributed by atoms with Gasteiger partial charge in [0.2, 0.25) is 10.0 Å². The van der Waals surface area contributed by atoms with Crippen LogP contribution in [-0.2, 0) is 10.0 Å². The van der Waals surface area contributed by atoms with Gasteiger partial charge < -0.3 is 10.8 Å². The molecule has 106 valence electrons. The minimum atomic E-state index is -4.14. The van der Waals surface area contributed by atoms with E-state index in [2.05, 4.69) is 6.58 Å². The van der Waals surface area contributed by atoms with Gasteiger partial charge in [0.1, 0.15) is 4.90 Å². The number of halogens is 2. The van der Waals surface area contributed by atoms with Crippen LogP contribution < -0.4 is 5.73 Å². The molecule has 0 aliphatic carbocycles. The minimum absolute atomic E-state index is 0.0347. The maximum Gasteiger partial charge on any atom is 0.246 e. The summed E-state index contributed by atoms with van der Waals surface area (Å²) < 4.78 is 39.2. The maximum atomic E-state index is 13.8. The Labute approximate surface area is 116 Å². The van der Waals surface area contributed by atoms with Crippen LogP contribution in [0.1, 0.15) is 0 Å². The highest BCUT2D eigenvalue weighted by Gasteiger charge is 2.28. The molecule has 0 aromatic heterocycles. The van der Waals surface area contributed by atoms with Crippen molar-refractivity contribution < 1.29 is 17.9 Å². The van der Waals surface area contributed by atoms with Crippen molar-refractivity contribution in [2.45, 2.75) is 4.90 Å². The summed E-state index contributed by atoms with van der Waals surface area (Å²) in [6.07, 6.45) is 1.33. The lowest BCUT2D eigenvalue weighted by Crippen LogP contribution is -2.34. The van der Waals surface area contributed by atoms with Crippen molar-refractivity contribution in [1.82, 2.24) is 4.31 Å². The number of rotatable bonds is 6. The van der Waals surface area contributed by atoms with Crippen molar-refractivity contribution in [3.05, 3.63) is 35.6 Å². The number of nitrogens with zero attached hydrogens (tertiary/aromatic N) is 1. The van der Waals surface area contributed by atoms with Gasteiger partial charge >= 0.3 is 0 Å². The summed E-state index contributed by atoms with van der Waals surface area (Å²) in [6, 6.07) is 2.11. The van der Waals surface area contributed by atoms with Gasteiger partial charge in [0.25, 0.3) is 0 Å². The largest absolute Gasteiger partial charge is 0.399 e. The summed E-state index contributed by atoms with van der Waals surface area (Å²) in [5.41, 5.74) is 5.50. The summed E-state index contributed by atoms with van der Waals surface area (Å²) in [7, 11) is -4.14. The van der Waals surface area contributed by atoms with Crippen molar-refractivity contribution in [1.29, 1.82) is 0 Å². The van der Waals surface area contributed by atoms with E-state index in [0.29, 0.717) is 0 Å². The van der Waals surface area contributed by atoms with Gasteiger partial charge in [-0.1, -0.05) is 17.7 Å². The van der Waals surface area contributed by atoms with Crippen molar-refractivity contribution in [2.24, 2.45) is 0 Å². The van der Waals surface area contributed by atoms with Gasteiger partial charge in [0.15, 0.2) is 5.82 Å². The van der Waals surface area contributed by atoms with Crippen LogP contribution in [0, 0.1) is 5.82 Å². The second-order valence-corrected chi connectivity index (χ2v) is 6.00. The molecule has 1 aromatic carbocycles. The Morgan fingerprint density at radius 2 is 2.16 bits per heavy atom. The van der Waals surface area contributed by atoms with E-state index in [1.807, 2.05) is 0 Å². The normalized spacial score (nSPS) is 11.8. The molecule has 0 spiro atoms. The first kappa shape index (κ1) is 15.9. The van der Waals surface area contributed by atoms with Crippen LogP contribution in [0.2, 0.25) is 5.02 Å². The number of nitrogen functional groups attached to an aromatic ring is 1. The molecule has 0 fully saturated rings. The molecule has 5 nitrogen and oxygen atoms in total. The maximum absolute atomic E-state index is 13.8. The van der Waals surface area contributed by atoms with E-state index in [9.17, 15) is 12.8 Å². The van der Waals surface area contributed by atoms with Gasteiger partial charge in [-0.15, -0.1) is 6.58 Å². The van der Waals surface area contributed by atoms with Crippen molar-refractivity contribution in [3.63, 3.8) is 0 Å². The summed E-state index contributed by atoms with van der Waals surface area (Å²) in [5, 5.41) is 8.49. The fourth-order valence-corrected chi connectivity index (χ4v) is 3.28. The Balaban J connectivity index is 3.36. The molecule has 19 heavy (non-hydrogen) atoms. The number of hydrogen-bond acceptors (Lipinski definition) is 4. The van der Waals surface area contributed by atoms with Crippen LogP contribution in [-0.4, -0.2) is 37.5 Å². The third-order valence-corrected chi connectivity index (χ3v) is 4.46. The zero-order chi connectivity index (χ0) is 14.6. The molecular weight excluding hydrogens is 295 g/mol. The number of aliphatic hydroxyl groups excluding tert-OH is 1. The van der Waals surface area contributed by atoms with Gasteiger partial charge in [0, 0.05) is 18.8 Å². The molecule has 0 unspecified atom stereocenters. The summed E-state index contributed by atoms with van der Waals surface area (Å²) in [4.78, 5) is -0.618. The molecule has 0 bridgehead atoms. The van der Waals surface area contributed by atoms with E-state index in [4.69, 9.17) is 22.4 Å². The third-order valence-electron chi connectivity index (χ3n) is 2.32. The van der Waals surface area contributed by atoms with Crippen molar-refractivity contribution in [2.75, 3.05) is 25.4 Å². The number of hydrogen-bond donors (Lipinski definition) is 2. The molecule has 0 amide bonds. The highest BCUT2D eigenvalue weighted by molar-refractivity contribution is 7.89. The Morgan fingerprint density at radius 1 is 1.53 bits per heavy atom. The first-order chi connectivity index (χ1) is 8.84. The molecule has 0 atom stereocenters.